The van der Waals surface area contributed by atoms with Crippen LogP contribution in [0.15, 0.2) is 28.7 Å². The number of para-hydroxylation sites is 1. The maximum atomic E-state index is 12.0. The number of hydrogen-bond acceptors (Lipinski definition) is 5. The predicted octanol–water partition coefficient (Wildman–Crippen LogP) is 3.01. The molecule has 1 N–H and O–H groups in total. The summed E-state index contributed by atoms with van der Waals surface area (Å²) in [5, 5.41) is 2.91. The molecule has 1 aliphatic heterocycles. The SMILES string of the molecule is CCNC(=O)[C@@H]1CCN(Cc2nc(-c3ccccc3OCC)oc2C)C1. The molecule has 1 amide bonds. The van der Waals surface area contributed by atoms with Crippen molar-refractivity contribution in [1.29, 1.82) is 0 Å². The fraction of sp³-hybridized carbons (Fsp3) is 0.500. The standard InChI is InChI=1S/C20H27N3O3/c1-4-21-19(24)15-10-11-23(12-15)13-17-14(3)26-20(22-17)16-8-6-7-9-18(16)25-5-2/h6-9,15H,4-5,10-13H2,1-3H3,(H,21,24)/t15-/m1/s1. The lowest BCUT2D eigenvalue weighted by atomic mass is 10.1. The number of nitrogens with one attached hydrogen (secondary N) is 1. The van der Waals surface area contributed by atoms with Crippen molar-refractivity contribution in [2.75, 3.05) is 26.2 Å². The second-order valence-corrected chi connectivity index (χ2v) is 6.57. The highest BCUT2D eigenvalue weighted by Crippen LogP contribution is 2.31. The van der Waals surface area contributed by atoms with Crippen LogP contribution in [-0.4, -0.2) is 42.0 Å². The zero-order chi connectivity index (χ0) is 18.5. The Labute approximate surface area is 154 Å². The molecule has 1 aliphatic rings. The number of carbonyl (C=O) groups excluding carboxylic acids is 1. The molecule has 1 aromatic carbocycles. The Kier molecular flexibility index (Phi) is 5.93. The minimum absolute atomic E-state index is 0.0697. The van der Waals surface area contributed by atoms with E-state index in [1.165, 1.54) is 0 Å². The highest BCUT2D eigenvalue weighted by molar-refractivity contribution is 5.79. The number of ether oxygens (including phenoxy) is 1. The Balaban J connectivity index is 1.71. The van der Waals surface area contributed by atoms with Crippen molar-refractivity contribution in [1.82, 2.24) is 15.2 Å². The number of oxazole rings is 1. The Hall–Kier alpha value is -2.34. The first-order valence-corrected chi connectivity index (χ1v) is 9.30. The fourth-order valence-corrected chi connectivity index (χ4v) is 3.34. The van der Waals surface area contributed by atoms with Gasteiger partial charge in [-0.1, -0.05) is 12.1 Å². The topological polar surface area (TPSA) is 67.6 Å². The van der Waals surface area contributed by atoms with Crippen LogP contribution < -0.4 is 10.1 Å². The third-order valence-electron chi connectivity index (χ3n) is 4.68. The van der Waals surface area contributed by atoms with Gasteiger partial charge in [-0.2, -0.15) is 0 Å². The summed E-state index contributed by atoms with van der Waals surface area (Å²) in [5.74, 6) is 2.40. The van der Waals surface area contributed by atoms with Crippen LogP contribution in [0.25, 0.3) is 11.5 Å². The molecule has 140 valence electrons. The van der Waals surface area contributed by atoms with Gasteiger partial charge in [0.05, 0.1) is 23.8 Å². The Morgan fingerprint density at radius 1 is 1.38 bits per heavy atom. The molecule has 0 radical (unpaired) electrons. The number of benzene rings is 1. The lowest BCUT2D eigenvalue weighted by Gasteiger charge is -2.14. The fourth-order valence-electron chi connectivity index (χ4n) is 3.34. The van der Waals surface area contributed by atoms with Gasteiger partial charge in [0.2, 0.25) is 11.8 Å². The molecule has 1 saturated heterocycles. The van der Waals surface area contributed by atoms with Gasteiger partial charge in [-0.25, -0.2) is 4.98 Å². The number of rotatable bonds is 7. The van der Waals surface area contributed by atoms with Crippen molar-refractivity contribution < 1.29 is 13.9 Å². The number of aryl methyl sites for hydroxylation is 1. The van der Waals surface area contributed by atoms with Gasteiger partial charge in [-0.15, -0.1) is 0 Å². The third kappa shape index (κ3) is 4.07. The van der Waals surface area contributed by atoms with Crippen LogP contribution >= 0.6 is 0 Å². The summed E-state index contributed by atoms with van der Waals surface area (Å²) in [7, 11) is 0. The number of nitrogens with zero attached hydrogens (tertiary/aromatic N) is 2. The average Bonchev–Trinajstić information content (AvgIpc) is 3.24. The van der Waals surface area contributed by atoms with Gasteiger partial charge in [-0.05, 0) is 45.9 Å². The smallest absolute Gasteiger partial charge is 0.230 e. The van der Waals surface area contributed by atoms with Crippen molar-refractivity contribution in [3.05, 3.63) is 35.7 Å². The summed E-state index contributed by atoms with van der Waals surface area (Å²) in [6.07, 6.45) is 0.892. The van der Waals surface area contributed by atoms with E-state index in [9.17, 15) is 4.79 Å². The molecule has 1 aromatic heterocycles. The van der Waals surface area contributed by atoms with Crippen molar-refractivity contribution in [3.63, 3.8) is 0 Å². The summed E-state index contributed by atoms with van der Waals surface area (Å²) in [5.41, 5.74) is 1.79. The van der Waals surface area contributed by atoms with Gasteiger partial charge in [0.1, 0.15) is 11.5 Å². The first-order chi connectivity index (χ1) is 12.6. The van der Waals surface area contributed by atoms with Crippen LogP contribution in [0.2, 0.25) is 0 Å². The van der Waals surface area contributed by atoms with Gasteiger partial charge < -0.3 is 14.5 Å². The first kappa shape index (κ1) is 18.5. The maximum absolute atomic E-state index is 12.0. The van der Waals surface area contributed by atoms with Gasteiger partial charge >= 0.3 is 0 Å². The second kappa shape index (κ2) is 8.36. The van der Waals surface area contributed by atoms with E-state index in [2.05, 4.69) is 10.2 Å². The highest BCUT2D eigenvalue weighted by Gasteiger charge is 2.29. The van der Waals surface area contributed by atoms with Crippen LogP contribution in [0.1, 0.15) is 31.7 Å². The zero-order valence-electron chi connectivity index (χ0n) is 15.7. The molecule has 0 saturated carbocycles. The monoisotopic (exact) mass is 357 g/mol. The zero-order valence-corrected chi connectivity index (χ0v) is 15.7. The number of carbonyl (C=O) groups is 1. The minimum atomic E-state index is 0.0697. The number of likely N-dealkylation sites (tertiary alicyclic amines) is 1. The lowest BCUT2D eigenvalue weighted by Crippen LogP contribution is -2.32. The van der Waals surface area contributed by atoms with Crippen molar-refractivity contribution in [3.8, 4) is 17.2 Å². The van der Waals surface area contributed by atoms with Gasteiger partial charge in [-0.3, -0.25) is 9.69 Å². The van der Waals surface area contributed by atoms with E-state index in [1.807, 2.05) is 45.0 Å². The third-order valence-corrected chi connectivity index (χ3v) is 4.68. The molecule has 2 aromatic rings. The second-order valence-electron chi connectivity index (χ2n) is 6.57. The Bertz CT molecular complexity index is 757. The van der Waals surface area contributed by atoms with Crippen LogP contribution in [0.3, 0.4) is 0 Å². The van der Waals surface area contributed by atoms with E-state index < -0.39 is 0 Å². The van der Waals surface area contributed by atoms with Crippen LogP contribution in [0, 0.1) is 12.8 Å². The summed E-state index contributed by atoms with van der Waals surface area (Å²) in [6, 6.07) is 7.78. The van der Waals surface area contributed by atoms with Crippen LogP contribution in [0.4, 0.5) is 0 Å². The van der Waals surface area contributed by atoms with Crippen LogP contribution in [-0.2, 0) is 11.3 Å². The van der Waals surface area contributed by atoms with E-state index in [-0.39, 0.29) is 11.8 Å². The predicted molar refractivity (Wildman–Crippen MR) is 99.9 cm³/mol. The van der Waals surface area contributed by atoms with Gasteiger partial charge in [0.15, 0.2) is 0 Å². The molecule has 2 heterocycles. The van der Waals surface area contributed by atoms with Crippen molar-refractivity contribution in [2.24, 2.45) is 5.92 Å². The Morgan fingerprint density at radius 3 is 2.96 bits per heavy atom. The molecule has 6 nitrogen and oxygen atoms in total. The molecule has 1 fully saturated rings. The average molecular weight is 357 g/mol. The molecule has 0 spiro atoms. The van der Waals surface area contributed by atoms with Crippen LogP contribution in [0.5, 0.6) is 5.75 Å². The van der Waals surface area contributed by atoms with E-state index in [0.29, 0.717) is 25.6 Å². The normalized spacial score (nSPS) is 17.4. The van der Waals surface area contributed by atoms with E-state index >= 15 is 0 Å². The summed E-state index contributed by atoms with van der Waals surface area (Å²) >= 11 is 0. The summed E-state index contributed by atoms with van der Waals surface area (Å²) in [6.45, 7) is 9.49. The first-order valence-electron chi connectivity index (χ1n) is 9.30. The number of aromatic nitrogens is 1. The largest absolute Gasteiger partial charge is 0.493 e. The molecular formula is C20H27N3O3. The summed E-state index contributed by atoms with van der Waals surface area (Å²) < 4.78 is 11.6. The van der Waals surface area contributed by atoms with E-state index in [0.717, 1.165) is 42.3 Å². The van der Waals surface area contributed by atoms with E-state index in [1.54, 1.807) is 0 Å². The molecule has 0 bridgehead atoms. The van der Waals surface area contributed by atoms with Gasteiger partial charge in [0.25, 0.3) is 0 Å². The molecule has 6 heteroatoms. The van der Waals surface area contributed by atoms with E-state index in [4.69, 9.17) is 14.1 Å². The number of amides is 1. The molecule has 0 unspecified atom stereocenters. The van der Waals surface area contributed by atoms with Crippen molar-refractivity contribution >= 4 is 5.91 Å². The Morgan fingerprint density at radius 2 is 2.19 bits per heavy atom. The number of hydrogen-bond donors (Lipinski definition) is 1. The molecule has 3 rings (SSSR count). The molecule has 1 atom stereocenters. The molecule has 0 aliphatic carbocycles. The lowest BCUT2D eigenvalue weighted by molar-refractivity contribution is -0.124. The highest BCUT2D eigenvalue weighted by atomic mass is 16.5. The maximum Gasteiger partial charge on any atom is 0.230 e. The quantitative estimate of drug-likeness (QED) is 0.825. The molecular weight excluding hydrogens is 330 g/mol. The molecule has 26 heavy (non-hydrogen) atoms. The minimum Gasteiger partial charge on any atom is -0.493 e. The van der Waals surface area contributed by atoms with Gasteiger partial charge in [0, 0.05) is 19.6 Å². The summed E-state index contributed by atoms with van der Waals surface area (Å²) in [4.78, 5) is 19.0. The van der Waals surface area contributed by atoms with Crippen molar-refractivity contribution in [2.45, 2.75) is 33.7 Å².